The topological polar surface area (TPSA) is 55.3 Å². The van der Waals surface area contributed by atoms with Gasteiger partial charge < -0.3 is 9.64 Å². The maximum atomic E-state index is 11.7. The lowest BCUT2D eigenvalue weighted by Gasteiger charge is -2.22. The predicted octanol–water partition coefficient (Wildman–Crippen LogP) is 2.22. The van der Waals surface area contributed by atoms with Gasteiger partial charge in [0.2, 0.25) is 0 Å². The minimum absolute atomic E-state index is 0.198. The molecule has 0 amide bonds. The number of esters is 1. The number of rotatable bonds is 5. The number of hydrogen-bond donors (Lipinski definition) is 0. The van der Waals surface area contributed by atoms with Gasteiger partial charge in [0.05, 0.1) is 12.0 Å². The van der Waals surface area contributed by atoms with Gasteiger partial charge in [0, 0.05) is 6.04 Å². The zero-order valence-corrected chi connectivity index (χ0v) is 11.5. The molecule has 0 saturated heterocycles. The molecule has 2 aromatic rings. The maximum Gasteiger partial charge on any atom is 0.325 e. The monoisotopic (exact) mass is 277 g/mol. The fourth-order valence-electron chi connectivity index (χ4n) is 2.11. The minimum Gasteiger partial charge on any atom is -0.465 e. The number of nitrogens with zero attached hydrogens (tertiary/aromatic N) is 3. The van der Waals surface area contributed by atoms with Crippen LogP contribution in [0.25, 0.3) is 10.2 Å². The Kier molecular flexibility index (Phi) is 3.33. The lowest BCUT2D eigenvalue weighted by molar-refractivity contribution is -0.141. The normalized spacial score (nSPS) is 14.6. The number of carbonyl (C=O) groups is 1. The van der Waals surface area contributed by atoms with E-state index in [-0.39, 0.29) is 12.5 Å². The highest BCUT2D eigenvalue weighted by Crippen LogP contribution is 2.34. The Balaban J connectivity index is 1.91. The van der Waals surface area contributed by atoms with E-state index >= 15 is 0 Å². The van der Waals surface area contributed by atoms with Crippen molar-refractivity contribution in [2.24, 2.45) is 0 Å². The van der Waals surface area contributed by atoms with Gasteiger partial charge in [-0.3, -0.25) is 4.79 Å². The van der Waals surface area contributed by atoms with Crippen molar-refractivity contribution in [2.45, 2.75) is 25.8 Å². The third kappa shape index (κ3) is 2.53. The standard InChI is InChI=1S/C13H15N3O2S/c1-2-18-11(17)7-16(9-3-4-9)12-10-5-6-19-13(10)15-8-14-12/h5-6,8-9H,2-4,7H2,1H3. The van der Waals surface area contributed by atoms with Crippen molar-refractivity contribution in [3.63, 3.8) is 0 Å². The van der Waals surface area contributed by atoms with Gasteiger partial charge in [-0.05, 0) is 31.2 Å². The predicted molar refractivity (Wildman–Crippen MR) is 74.4 cm³/mol. The van der Waals surface area contributed by atoms with Crippen molar-refractivity contribution in [3.05, 3.63) is 17.8 Å². The highest BCUT2D eigenvalue weighted by Gasteiger charge is 2.32. The summed E-state index contributed by atoms with van der Waals surface area (Å²) in [4.78, 5) is 23.3. The van der Waals surface area contributed by atoms with Gasteiger partial charge >= 0.3 is 5.97 Å². The quantitative estimate of drug-likeness (QED) is 0.784. The van der Waals surface area contributed by atoms with Crippen LogP contribution >= 0.6 is 11.3 Å². The van der Waals surface area contributed by atoms with Crippen LogP contribution in [0.15, 0.2) is 17.8 Å². The third-order valence-corrected chi connectivity index (χ3v) is 3.93. The third-order valence-electron chi connectivity index (χ3n) is 3.11. The summed E-state index contributed by atoms with van der Waals surface area (Å²) in [5, 5.41) is 3.02. The highest BCUT2D eigenvalue weighted by molar-refractivity contribution is 7.16. The molecule has 0 aromatic carbocycles. The van der Waals surface area contributed by atoms with Gasteiger partial charge in [-0.2, -0.15) is 0 Å². The Labute approximate surface area is 115 Å². The minimum atomic E-state index is -0.198. The molecular weight excluding hydrogens is 262 g/mol. The summed E-state index contributed by atoms with van der Waals surface area (Å²) in [6.07, 6.45) is 3.78. The first-order chi connectivity index (χ1) is 9.29. The van der Waals surface area contributed by atoms with Crippen molar-refractivity contribution >= 4 is 33.3 Å². The summed E-state index contributed by atoms with van der Waals surface area (Å²) in [6, 6.07) is 2.41. The number of ether oxygens (including phenoxy) is 1. The number of carbonyl (C=O) groups excluding carboxylic acids is 1. The molecule has 2 heterocycles. The average Bonchev–Trinajstić information content (AvgIpc) is 3.13. The second-order valence-electron chi connectivity index (χ2n) is 4.50. The van der Waals surface area contributed by atoms with E-state index in [1.54, 1.807) is 17.7 Å². The first-order valence-corrected chi connectivity index (χ1v) is 7.28. The SMILES string of the molecule is CCOC(=O)CN(c1ncnc2sccc12)C1CC1. The number of hydrogen-bond acceptors (Lipinski definition) is 6. The fraction of sp³-hybridized carbons (Fsp3) is 0.462. The van der Waals surface area contributed by atoms with E-state index in [1.807, 2.05) is 18.4 Å². The van der Waals surface area contributed by atoms with Crippen LogP contribution in [-0.2, 0) is 9.53 Å². The zero-order chi connectivity index (χ0) is 13.2. The van der Waals surface area contributed by atoms with E-state index in [0.717, 1.165) is 28.9 Å². The Morgan fingerprint density at radius 1 is 1.53 bits per heavy atom. The molecule has 0 unspecified atom stereocenters. The summed E-state index contributed by atoms with van der Waals surface area (Å²) < 4.78 is 5.04. The van der Waals surface area contributed by atoms with Crippen molar-refractivity contribution in [1.29, 1.82) is 0 Å². The Morgan fingerprint density at radius 2 is 2.37 bits per heavy atom. The average molecular weight is 277 g/mol. The molecule has 1 aliphatic carbocycles. The van der Waals surface area contributed by atoms with Crippen LogP contribution in [0.3, 0.4) is 0 Å². The molecule has 6 heteroatoms. The van der Waals surface area contributed by atoms with Gasteiger partial charge in [0.1, 0.15) is 23.5 Å². The van der Waals surface area contributed by atoms with Crippen LogP contribution in [0.1, 0.15) is 19.8 Å². The van der Waals surface area contributed by atoms with Crippen molar-refractivity contribution in [1.82, 2.24) is 9.97 Å². The van der Waals surface area contributed by atoms with E-state index in [1.165, 1.54) is 0 Å². The molecule has 1 aliphatic rings. The second kappa shape index (κ2) is 5.13. The number of anilines is 1. The zero-order valence-electron chi connectivity index (χ0n) is 10.7. The van der Waals surface area contributed by atoms with Gasteiger partial charge in [-0.1, -0.05) is 0 Å². The first-order valence-electron chi connectivity index (χ1n) is 6.40. The smallest absolute Gasteiger partial charge is 0.325 e. The van der Waals surface area contributed by atoms with Crippen LogP contribution in [-0.4, -0.2) is 35.1 Å². The molecule has 0 atom stereocenters. The summed E-state index contributed by atoms with van der Waals surface area (Å²) in [7, 11) is 0. The molecule has 0 spiro atoms. The summed E-state index contributed by atoms with van der Waals surface area (Å²) in [5.41, 5.74) is 0. The van der Waals surface area contributed by atoms with Crippen molar-refractivity contribution in [2.75, 3.05) is 18.1 Å². The van der Waals surface area contributed by atoms with Crippen LogP contribution in [0, 0.1) is 0 Å². The number of aromatic nitrogens is 2. The lowest BCUT2D eigenvalue weighted by atomic mass is 10.3. The Bertz CT molecular complexity index is 594. The molecule has 19 heavy (non-hydrogen) atoms. The molecule has 0 aliphatic heterocycles. The number of fused-ring (bicyclic) bond motifs is 1. The summed E-state index contributed by atoms with van der Waals surface area (Å²) >= 11 is 1.59. The highest BCUT2D eigenvalue weighted by atomic mass is 32.1. The fourth-order valence-corrected chi connectivity index (χ4v) is 2.84. The molecule has 0 radical (unpaired) electrons. The van der Waals surface area contributed by atoms with Gasteiger partial charge in [0.15, 0.2) is 0 Å². The van der Waals surface area contributed by atoms with Crippen molar-refractivity contribution in [3.8, 4) is 0 Å². The molecule has 1 fully saturated rings. The molecule has 0 N–H and O–H groups in total. The molecule has 5 nitrogen and oxygen atoms in total. The summed E-state index contributed by atoms with van der Waals surface area (Å²) in [5.74, 6) is 0.651. The van der Waals surface area contributed by atoms with Crippen LogP contribution in [0.2, 0.25) is 0 Å². The van der Waals surface area contributed by atoms with Crippen LogP contribution in [0.4, 0.5) is 5.82 Å². The van der Waals surface area contributed by atoms with Crippen LogP contribution in [0.5, 0.6) is 0 Å². The molecule has 100 valence electrons. The maximum absolute atomic E-state index is 11.7. The molecular formula is C13H15N3O2S. The van der Waals surface area contributed by atoms with E-state index < -0.39 is 0 Å². The van der Waals surface area contributed by atoms with E-state index in [0.29, 0.717) is 12.6 Å². The molecule has 1 saturated carbocycles. The second-order valence-corrected chi connectivity index (χ2v) is 5.40. The molecule has 0 bridgehead atoms. The first kappa shape index (κ1) is 12.3. The van der Waals surface area contributed by atoms with Gasteiger partial charge in [-0.15, -0.1) is 11.3 Å². The van der Waals surface area contributed by atoms with E-state index in [9.17, 15) is 4.79 Å². The van der Waals surface area contributed by atoms with Crippen molar-refractivity contribution < 1.29 is 9.53 Å². The Hall–Kier alpha value is -1.69. The molecule has 2 aromatic heterocycles. The van der Waals surface area contributed by atoms with Crippen LogP contribution < -0.4 is 4.90 Å². The molecule has 3 rings (SSSR count). The van der Waals surface area contributed by atoms with Gasteiger partial charge in [-0.25, -0.2) is 9.97 Å². The largest absolute Gasteiger partial charge is 0.465 e. The Morgan fingerprint density at radius 3 is 3.11 bits per heavy atom. The summed E-state index contributed by atoms with van der Waals surface area (Å²) in [6.45, 7) is 2.50. The van der Waals surface area contributed by atoms with E-state index in [2.05, 4.69) is 14.9 Å². The van der Waals surface area contributed by atoms with E-state index in [4.69, 9.17) is 4.74 Å². The number of thiophene rings is 1. The lowest BCUT2D eigenvalue weighted by Crippen LogP contribution is -2.33. The van der Waals surface area contributed by atoms with Gasteiger partial charge in [0.25, 0.3) is 0 Å².